The number of thiophene rings is 1. The number of phenolic OH excluding ortho intramolecular Hbond substituents is 1. The van der Waals surface area contributed by atoms with E-state index >= 15 is 0 Å². The molecule has 2 saturated heterocycles. The Hall–Kier alpha value is -3.36. The van der Waals surface area contributed by atoms with Crippen molar-refractivity contribution < 1.29 is 18.3 Å². The molecule has 0 spiro atoms. The minimum atomic E-state index is -3.16. The fraction of sp³-hybridized carbons (Fsp3) is 0.370. The van der Waals surface area contributed by atoms with Crippen molar-refractivity contribution in [1.29, 1.82) is 0 Å². The molecule has 4 aromatic rings. The molecule has 0 unspecified atom stereocenters. The number of aromatic hydroxyl groups is 1. The first-order chi connectivity index (χ1) is 19.3. The van der Waals surface area contributed by atoms with Gasteiger partial charge in [-0.1, -0.05) is 30.3 Å². The van der Waals surface area contributed by atoms with Gasteiger partial charge in [0.25, 0.3) is 0 Å². The number of nitrogens with one attached hydrogen (secondary N) is 1. The second-order valence-electron chi connectivity index (χ2n) is 9.93. The Balaban J connectivity index is 1.26. The molecule has 2 aromatic heterocycles. The van der Waals surface area contributed by atoms with Gasteiger partial charge in [-0.25, -0.2) is 18.8 Å². The van der Waals surface area contributed by atoms with Gasteiger partial charge in [-0.3, -0.25) is 4.90 Å². The number of piperazine rings is 1. The van der Waals surface area contributed by atoms with Gasteiger partial charge in [0.2, 0.25) is 16.0 Å². The van der Waals surface area contributed by atoms with Crippen LogP contribution in [0.5, 0.6) is 5.75 Å². The van der Waals surface area contributed by atoms with Gasteiger partial charge in [0.1, 0.15) is 5.75 Å². The van der Waals surface area contributed by atoms with E-state index in [4.69, 9.17) is 14.7 Å². The Bertz CT molecular complexity index is 1660. The van der Waals surface area contributed by atoms with Gasteiger partial charge in [-0.15, -0.1) is 11.3 Å². The number of hydrogen-bond acceptors (Lipinski definition) is 11. The molecule has 2 aliphatic rings. The highest BCUT2D eigenvalue weighted by molar-refractivity contribution is 7.88. The van der Waals surface area contributed by atoms with Gasteiger partial charge < -0.3 is 14.7 Å². The number of nitrogens with zero attached hydrogens (tertiary/aromatic N) is 6. The number of sulfonamides is 1. The largest absolute Gasteiger partial charge is 0.507 e. The average molecular weight is 582 g/mol. The Kier molecular flexibility index (Phi) is 7.55. The van der Waals surface area contributed by atoms with E-state index in [1.807, 2.05) is 30.3 Å². The molecular formula is C27H31N7O4S2. The maximum absolute atomic E-state index is 11.9. The van der Waals surface area contributed by atoms with Gasteiger partial charge in [0.15, 0.2) is 5.82 Å². The number of benzene rings is 2. The number of ether oxygens (including phenoxy) is 1. The standard InChI is InChI=1S/C27H31N7O4S2/c1-40(36,37)34-10-8-32(9-11-34)18-20-16-23-25(39-20)26(33-12-14-38-15-13-33)30-27(29-23)31-28-17-22-21-5-3-2-4-19(21)6-7-24(22)35/h2-7,16-17,35H,8-15,18H2,1H3,(H,29,30,31)/b28-17+. The third-order valence-corrected chi connectivity index (χ3v) is 9.61. The van der Waals surface area contributed by atoms with E-state index in [1.54, 1.807) is 23.6 Å². The first kappa shape index (κ1) is 26.8. The highest BCUT2D eigenvalue weighted by atomic mass is 32.2. The summed E-state index contributed by atoms with van der Waals surface area (Å²) in [4.78, 5) is 15.2. The number of phenols is 1. The molecule has 2 fully saturated rings. The van der Waals surface area contributed by atoms with E-state index in [0.717, 1.165) is 51.3 Å². The number of anilines is 2. The van der Waals surface area contributed by atoms with E-state index in [1.165, 1.54) is 10.6 Å². The summed E-state index contributed by atoms with van der Waals surface area (Å²) >= 11 is 1.67. The van der Waals surface area contributed by atoms with Crippen molar-refractivity contribution in [3.8, 4) is 5.75 Å². The number of fused-ring (bicyclic) bond motifs is 2. The summed E-state index contributed by atoms with van der Waals surface area (Å²) in [6, 6.07) is 13.4. The topological polar surface area (TPSA) is 123 Å². The smallest absolute Gasteiger partial charge is 0.246 e. The van der Waals surface area contributed by atoms with E-state index in [9.17, 15) is 13.5 Å². The van der Waals surface area contributed by atoms with Gasteiger partial charge in [-0.05, 0) is 22.9 Å². The number of rotatable bonds is 7. The maximum Gasteiger partial charge on any atom is 0.246 e. The maximum atomic E-state index is 11.9. The number of morpholine rings is 1. The van der Waals surface area contributed by atoms with Crippen molar-refractivity contribution in [2.75, 3.05) is 69.1 Å². The van der Waals surface area contributed by atoms with E-state index in [-0.39, 0.29) is 5.75 Å². The van der Waals surface area contributed by atoms with Crippen LogP contribution in [0.3, 0.4) is 0 Å². The highest BCUT2D eigenvalue weighted by Gasteiger charge is 2.25. The van der Waals surface area contributed by atoms with E-state index < -0.39 is 10.0 Å². The van der Waals surface area contributed by atoms with Crippen molar-refractivity contribution in [1.82, 2.24) is 19.2 Å². The zero-order valence-corrected chi connectivity index (χ0v) is 23.8. The molecule has 13 heteroatoms. The number of aromatic nitrogens is 2. The third kappa shape index (κ3) is 5.74. The second kappa shape index (κ2) is 11.3. The fourth-order valence-corrected chi connectivity index (χ4v) is 7.08. The molecule has 0 radical (unpaired) electrons. The van der Waals surface area contributed by atoms with Crippen molar-refractivity contribution in [2.45, 2.75) is 6.54 Å². The highest BCUT2D eigenvalue weighted by Crippen LogP contribution is 2.34. The molecule has 0 bridgehead atoms. The first-order valence-corrected chi connectivity index (χ1v) is 15.8. The van der Waals surface area contributed by atoms with Crippen LogP contribution in [0.25, 0.3) is 21.0 Å². The Morgan fingerprint density at radius 1 is 1.07 bits per heavy atom. The lowest BCUT2D eigenvalue weighted by atomic mass is 10.0. The van der Waals surface area contributed by atoms with Crippen LogP contribution in [0, 0.1) is 0 Å². The average Bonchev–Trinajstić information content (AvgIpc) is 3.36. The van der Waals surface area contributed by atoms with E-state index in [2.05, 4.69) is 26.4 Å². The SMILES string of the molecule is CS(=O)(=O)N1CCN(Cc2cc3nc(N/N=C/c4c(O)ccc5ccccc45)nc(N4CCOCC4)c3s2)CC1. The third-order valence-electron chi connectivity index (χ3n) is 7.20. The lowest BCUT2D eigenvalue weighted by molar-refractivity contribution is 0.122. The zero-order valence-electron chi connectivity index (χ0n) is 22.2. The van der Waals surface area contributed by atoms with Crippen LogP contribution in [-0.2, 0) is 21.3 Å². The van der Waals surface area contributed by atoms with Gasteiger partial charge in [0.05, 0.1) is 35.9 Å². The van der Waals surface area contributed by atoms with Crippen molar-refractivity contribution >= 4 is 60.3 Å². The molecule has 0 aliphatic carbocycles. The summed E-state index contributed by atoms with van der Waals surface area (Å²) < 4.78 is 31.8. The summed E-state index contributed by atoms with van der Waals surface area (Å²) in [6.07, 6.45) is 2.86. The predicted molar refractivity (Wildman–Crippen MR) is 159 cm³/mol. The number of hydrazone groups is 1. The fourth-order valence-electron chi connectivity index (χ4n) is 5.10. The van der Waals surface area contributed by atoms with Crippen LogP contribution in [0.4, 0.5) is 11.8 Å². The summed E-state index contributed by atoms with van der Waals surface area (Å²) in [5.41, 5.74) is 4.43. The Morgan fingerprint density at radius 3 is 2.62 bits per heavy atom. The van der Waals surface area contributed by atoms with Crippen LogP contribution in [0.2, 0.25) is 0 Å². The molecule has 2 aromatic carbocycles. The first-order valence-electron chi connectivity index (χ1n) is 13.2. The van der Waals surface area contributed by atoms with Crippen molar-refractivity contribution in [3.05, 3.63) is 52.9 Å². The molecule has 210 valence electrons. The molecule has 2 aliphatic heterocycles. The summed E-state index contributed by atoms with van der Waals surface area (Å²) in [5, 5.41) is 16.7. The van der Waals surface area contributed by atoms with Crippen LogP contribution in [0.1, 0.15) is 10.4 Å². The molecule has 0 amide bonds. The normalized spacial score (nSPS) is 17.8. The Morgan fingerprint density at radius 2 is 1.85 bits per heavy atom. The van der Waals surface area contributed by atoms with Crippen molar-refractivity contribution in [2.24, 2.45) is 5.10 Å². The molecule has 4 heterocycles. The zero-order chi connectivity index (χ0) is 27.7. The lowest BCUT2D eigenvalue weighted by Gasteiger charge is -2.32. The van der Waals surface area contributed by atoms with Crippen LogP contribution in [0.15, 0.2) is 47.6 Å². The molecule has 6 rings (SSSR count). The lowest BCUT2D eigenvalue weighted by Crippen LogP contribution is -2.47. The van der Waals surface area contributed by atoms with Gasteiger partial charge in [0, 0.05) is 56.3 Å². The monoisotopic (exact) mass is 581 g/mol. The van der Waals surface area contributed by atoms with Crippen LogP contribution < -0.4 is 10.3 Å². The predicted octanol–water partition coefficient (Wildman–Crippen LogP) is 2.91. The molecular weight excluding hydrogens is 550 g/mol. The van der Waals surface area contributed by atoms with Crippen molar-refractivity contribution in [3.63, 3.8) is 0 Å². The summed E-state index contributed by atoms with van der Waals surface area (Å²) in [5.74, 6) is 1.36. The minimum absolute atomic E-state index is 0.148. The van der Waals surface area contributed by atoms with Gasteiger partial charge >= 0.3 is 0 Å². The summed E-state index contributed by atoms with van der Waals surface area (Å²) in [6.45, 7) is 5.84. The van der Waals surface area contributed by atoms with E-state index in [0.29, 0.717) is 50.9 Å². The molecule has 0 saturated carbocycles. The van der Waals surface area contributed by atoms with Crippen LogP contribution >= 0.6 is 11.3 Å². The summed E-state index contributed by atoms with van der Waals surface area (Å²) in [7, 11) is -3.16. The Labute approximate surface area is 236 Å². The van der Waals surface area contributed by atoms with Gasteiger partial charge in [-0.2, -0.15) is 14.4 Å². The molecule has 40 heavy (non-hydrogen) atoms. The quantitative estimate of drug-likeness (QED) is 0.250. The number of hydrogen-bond donors (Lipinski definition) is 2. The minimum Gasteiger partial charge on any atom is -0.507 e. The molecule has 2 N–H and O–H groups in total. The molecule has 0 atom stereocenters. The van der Waals surface area contributed by atoms with Crippen LogP contribution in [-0.4, -0.2) is 97.7 Å². The second-order valence-corrected chi connectivity index (χ2v) is 13.0. The molecule has 11 nitrogen and oxygen atoms in total.